The van der Waals surface area contributed by atoms with Gasteiger partial charge >= 0.3 is 29.8 Å². The minimum Gasteiger partial charge on any atom is -0.494 e. The summed E-state index contributed by atoms with van der Waals surface area (Å²) in [5, 5.41) is 0. The SMILES string of the molecule is C=CC(=O)OCCCCCCOc1ccc(C(=O)Oc2ccc(CCOC(=O)c3ccc(OC(=O)c4ccc(OCCCCCCOC(=O)C=C)cc4)cc3)cc2)cc1. The van der Waals surface area contributed by atoms with Crippen LogP contribution in [0.4, 0.5) is 0 Å². The van der Waals surface area contributed by atoms with Gasteiger partial charge in [0.15, 0.2) is 0 Å². The highest BCUT2D eigenvalue weighted by Crippen LogP contribution is 2.20. The zero-order valence-electron chi connectivity index (χ0n) is 33.1. The molecule has 0 amide bonds. The average Bonchev–Trinajstić information content (AvgIpc) is 3.26. The third-order valence-electron chi connectivity index (χ3n) is 8.68. The molecule has 0 unspecified atom stereocenters. The number of unbranched alkanes of at least 4 members (excludes halogenated alkanes) is 6. The van der Waals surface area contributed by atoms with Gasteiger partial charge in [0.2, 0.25) is 0 Å². The first-order chi connectivity index (χ1) is 28.7. The van der Waals surface area contributed by atoms with Gasteiger partial charge in [-0.15, -0.1) is 0 Å². The summed E-state index contributed by atoms with van der Waals surface area (Å²) >= 11 is 0. The Morgan fingerprint density at radius 2 is 0.746 bits per heavy atom. The summed E-state index contributed by atoms with van der Waals surface area (Å²) in [5.41, 5.74) is 1.92. The van der Waals surface area contributed by atoms with Gasteiger partial charge in [0, 0.05) is 18.6 Å². The lowest BCUT2D eigenvalue weighted by Gasteiger charge is -2.09. The monoisotopic (exact) mass is 806 g/mol. The molecule has 0 N–H and O–H groups in total. The van der Waals surface area contributed by atoms with Crippen molar-refractivity contribution in [2.45, 2.75) is 57.8 Å². The molecule has 310 valence electrons. The molecule has 0 bridgehead atoms. The summed E-state index contributed by atoms with van der Waals surface area (Å²) in [4.78, 5) is 60.0. The van der Waals surface area contributed by atoms with Crippen molar-refractivity contribution in [1.82, 2.24) is 0 Å². The molecular formula is C47H50O12. The number of hydrogen-bond donors (Lipinski definition) is 0. The Morgan fingerprint density at radius 3 is 1.15 bits per heavy atom. The van der Waals surface area contributed by atoms with Crippen molar-refractivity contribution >= 4 is 29.8 Å². The normalized spacial score (nSPS) is 10.4. The predicted octanol–water partition coefficient (Wildman–Crippen LogP) is 8.86. The number of rotatable bonds is 26. The van der Waals surface area contributed by atoms with E-state index in [1.807, 2.05) is 0 Å². The second-order valence-corrected chi connectivity index (χ2v) is 13.2. The minimum atomic E-state index is -0.549. The standard InChI is InChI=1S/C47H50O12/c1-3-43(48)55-32-11-7-5-9-30-53-39-23-15-37(16-24-39)46(51)58-41-21-13-35(14-22-41)29-34-57-45(50)36-19-27-42(28-20-36)59-47(52)38-17-25-40(26-18-38)54-31-10-6-8-12-33-56-44(49)4-2/h3-4,13-28H,1-2,5-12,29-34H2. The maximum atomic E-state index is 12.7. The number of carbonyl (C=O) groups is 5. The molecule has 0 spiro atoms. The molecule has 0 heterocycles. The molecule has 4 aromatic rings. The van der Waals surface area contributed by atoms with Crippen LogP contribution in [-0.2, 0) is 30.2 Å². The lowest BCUT2D eigenvalue weighted by molar-refractivity contribution is -0.138. The minimum absolute atomic E-state index is 0.130. The Bertz CT molecular complexity index is 1950. The van der Waals surface area contributed by atoms with Crippen molar-refractivity contribution in [2.75, 3.05) is 33.0 Å². The zero-order chi connectivity index (χ0) is 42.1. The van der Waals surface area contributed by atoms with Crippen LogP contribution in [0.5, 0.6) is 23.0 Å². The molecule has 0 saturated heterocycles. The summed E-state index contributed by atoms with van der Waals surface area (Å²) in [6, 6.07) is 26.4. The second-order valence-electron chi connectivity index (χ2n) is 13.2. The van der Waals surface area contributed by atoms with Crippen molar-refractivity contribution in [3.8, 4) is 23.0 Å². The van der Waals surface area contributed by atoms with Crippen molar-refractivity contribution in [3.05, 3.63) is 145 Å². The molecule has 0 aromatic heterocycles. The van der Waals surface area contributed by atoms with Gasteiger partial charge in [0.05, 0.1) is 49.7 Å². The Hall–Kier alpha value is -6.69. The molecule has 59 heavy (non-hydrogen) atoms. The number of hydrogen-bond acceptors (Lipinski definition) is 12. The van der Waals surface area contributed by atoms with Gasteiger partial charge in [-0.2, -0.15) is 0 Å². The fourth-order valence-electron chi connectivity index (χ4n) is 5.39. The first-order valence-electron chi connectivity index (χ1n) is 19.6. The van der Waals surface area contributed by atoms with E-state index in [9.17, 15) is 24.0 Å². The van der Waals surface area contributed by atoms with Gasteiger partial charge in [0.25, 0.3) is 0 Å². The summed E-state index contributed by atoms with van der Waals surface area (Å²) in [6.45, 7) is 8.68. The fraction of sp³-hybridized carbons (Fsp3) is 0.298. The van der Waals surface area contributed by atoms with Crippen molar-refractivity contribution in [2.24, 2.45) is 0 Å². The summed E-state index contributed by atoms with van der Waals surface area (Å²) in [7, 11) is 0. The van der Waals surface area contributed by atoms with Crippen LogP contribution in [0.25, 0.3) is 0 Å². The van der Waals surface area contributed by atoms with Crippen LogP contribution in [0.1, 0.15) is 88.0 Å². The molecule has 12 heteroatoms. The average molecular weight is 807 g/mol. The molecule has 0 aliphatic rings. The highest BCUT2D eigenvalue weighted by atomic mass is 16.5. The van der Waals surface area contributed by atoms with Crippen LogP contribution < -0.4 is 18.9 Å². The molecule has 0 aliphatic heterocycles. The molecule has 12 nitrogen and oxygen atoms in total. The largest absolute Gasteiger partial charge is 0.494 e. The van der Waals surface area contributed by atoms with E-state index in [4.69, 9.17) is 33.2 Å². The lowest BCUT2D eigenvalue weighted by atomic mass is 10.1. The summed E-state index contributed by atoms with van der Waals surface area (Å²) < 4.78 is 37.8. The number of benzene rings is 4. The van der Waals surface area contributed by atoms with Gasteiger partial charge in [0.1, 0.15) is 23.0 Å². The first kappa shape index (κ1) is 45.0. The van der Waals surface area contributed by atoms with Crippen molar-refractivity contribution in [1.29, 1.82) is 0 Å². The van der Waals surface area contributed by atoms with E-state index >= 15 is 0 Å². The van der Waals surface area contributed by atoms with Gasteiger partial charge in [-0.25, -0.2) is 24.0 Å². The third kappa shape index (κ3) is 17.1. The lowest BCUT2D eigenvalue weighted by Crippen LogP contribution is -2.10. The molecule has 0 aliphatic carbocycles. The van der Waals surface area contributed by atoms with Crippen LogP contribution in [-0.4, -0.2) is 62.9 Å². The topological polar surface area (TPSA) is 150 Å². The van der Waals surface area contributed by atoms with Crippen LogP contribution >= 0.6 is 0 Å². The zero-order valence-corrected chi connectivity index (χ0v) is 33.1. The second kappa shape index (κ2) is 25.5. The molecule has 0 atom stereocenters. The van der Waals surface area contributed by atoms with E-state index in [0.29, 0.717) is 66.8 Å². The van der Waals surface area contributed by atoms with Gasteiger partial charge < -0.3 is 33.2 Å². The Morgan fingerprint density at radius 1 is 0.390 bits per heavy atom. The van der Waals surface area contributed by atoms with Crippen LogP contribution in [0, 0.1) is 0 Å². The summed E-state index contributed by atoms with van der Waals surface area (Å²) in [5.74, 6) is -0.447. The quantitative estimate of drug-likeness (QED) is 0.0196. The maximum absolute atomic E-state index is 12.7. The van der Waals surface area contributed by atoms with E-state index in [1.54, 1.807) is 72.8 Å². The Kier molecular flexibility index (Phi) is 19.5. The Labute approximate surface area is 344 Å². The molecule has 4 aromatic carbocycles. The molecular weight excluding hydrogens is 757 g/mol. The smallest absolute Gasteiger partial charge is 0.343 e. The van der Waals surface area contributed by atoms with E-state index in [1.165, 1.54) is 24.3 Å². The van der Waals surface area contributed by atoms with E-state index in [0.717, 1.165) is 69.1 Å². The number of carbonyl (C=O) groups excluding carboxylic acids is 5. The van der Waals surface area contributed by atoms with Crippen LogP contribution in [0.15, 0.2) is 122 Å². The predicted molar refractivity (Wildman–Crippen MR) is 220 cm³/mol. The Balaban J connectivity index is 1.08. The van der Waals surface area contributed by atoms with Gasteiger partial charge in [-0.3, -0.25) is 0 Å². The van der Waals surface area contributed by atoms with Gasteiger partial charge in [-0.1, -0.05) is 25.3 Å². The molecule has 4 rings (SSSR count). The number of esters is 5. The van der Waals surface area contributed by atoms with E-state index in [-0.39, 0.29) is 12.4 Å². The summed E-state index contributed by atoms with van der Waals surface area (Å²) in [6.07, 6.45) is 9.73. The van der Waals surface area contributed by atoms with Crippen molar-refractivity contribution in [3.63, 3.8) is 0 Å². The van der Waals surface area contributed by atoms with E-state index in [2.05, 4.69) is 13.2 Å². The molecule has 0 saturated carbocycles. The number of ether oxygens (including phenoxy) is 7. The maximum Gasteiger partial charge on any atom is 0.343 e. The third-order valence-corrected chi connectivity index (χ3v) is 8.68. The molecule has 0 radical (unpaired) electrons. The highest BCUT2D eigenvalue weighted by molar-refractivity contribution is 5.92. The first-order valence-corrected chi connectivity index (χ1v) is 19.6. The van der Waals surface area contributed by atoms with Crippen LogP contribution in [0.2, 0.25) is 0 Å². The molecule has 0 fully saturated rings. The van der Waals surface area contributed by atoms with E-state index < -0.39 is 29.8 Å². The van der Waals surface area contributed by atoms with Crippen molar-refractivity contribution < 1.29 is 57.1 Å². The van der Waals surface area contributed by atoms with Gasteiger partial charge in [-0.05, 0) is 142 Å². The highest BCUT2D eigenvalue weighted by Gasteiger charge is 2.13. The fourth-order valence-corrected chi connectivity index (χ4v) is 5.39. The van der Waals surface area contributed by atoms with Crippen LogP contribution in [0.3, 0.4) is 0 Å².